The second kappa shape index (κ2) is 10.9. The summed E-state index contributed by atoms with van der Waals surface area (Å²) < 4.78 is 17.7. The van der Waals surface area contributed by atoms with Crippen molar-refractivity contribution >= 4 is 63.7 Å². The van der Waals surface area contributed by atoms with Gasteiger partial charge in [-0.1, -0.05) is 23.7 Å². The number of aliphatic imine (C=N–C) groups is 1. The molecule has 0 fully saturated rings. The van der Waals surface area contributed by atoms with Crippen molar-refractivity contribution in [2.75, 3.05) is 12.4 Å². The van der Waals surface area contributed by atoms with Gasteiger partial charge in [0.05, 0.1) is 10.7 Å². The Labute approximate surface area is 220 Å². The number of carbonyl (C=O) groups is 2. The van der Waals surface area contributed by atoms with E-state index in [0.29, 0.717) is 39.9 Å². The zero-order valence-electron chi connectivity index (χ0n) is 18.8. The Hall–Kier alpha value is -3.37. The van der Waals surface area contributed by atoms with Crippen LogP contribution in [0.4, 0.5) is 5.69 Å². The van der Waals surface area contributed by atoms with Gasteiger partial charge in [0.15, 0.2) is 17.2 Å². The largest absolute Gasteiger partial charge is 0.493 e. The van der Waals surface area contributed by atoms with Gasteiger partial charge in [0.25, 0.3) is 0 Å². The van der Waals surface area contributed by atoms with Gasteiger partial charge in [-0.3, -0.25) is 4.79 Å². The number of methoxy groups -OCH3 is 1. The number of hydrogen-bond donors (Lipinski definition) is 1. The first kappa shape index (κ1) is 24.7. The van der Waals surface area contributed by atoms with E-state index in [1.54, 1.807) is 43.5 Å². The molecule has 0 aromatic heterocycles. The average molecular weight is 603 g/mol. The first-order valence-corrected chi connectivity index (χ1v) is 11.9. The molecule has 178 valence electrons. The van der Waals surface area contributed by atoms with Gasteiger partial charge in [-0.2, -0.15) is 0 Å². The maximum Gasteiger partial charge on any atom is 0.363 e. The van der Waals surface area contributed by atoms with Gasteiger partial charge in [-0.25, -0.2) is 9.79 Å². The summed E-state index contributed by atoms with van der Waals surface area (Å²) >= 11 is 8.10. The number of nitrogens with zero attached hydrogens (tertiary/aromatic N) is 1. The number of benzene rings is 3. The Balaban J connectivity index is 1.54. The maximum atomic E-state index is 12.4. The number of nitrogens with one attached hydrogen (secondary N) is 1. The average Bonchev–Trinajstić information content (AvgIpc) is 3.19. The summed E-state index contributed by atoms with van der Waals surface area (Å²) in [5, 5.41) is 3.35. The lowest BCUT2D eigenvalue weighted by Crippen LogP contribution is -2.07. The summed E-state index contributed by atoms with van der Waals surface area (Å²) in [6.45, 7) is 1.78. The second-order valence-electron chi connectivity index (χ2n) is 7.54. The molecule has 0 saturated carbocycles. The van der Waals surface area contributed by atoms with Crippen molar-refractivity contribution in [2.24, 2.45) is 4.99 Å². The molecule has 0 atom stereocenters. The van der Waals surface area contributed by atoms with Crippen LogP contribution in [0.5, 0.6) is 11.5 Å². The van der Waals surface area contributed by atoms with Crippen LogP contribution in [0, 0.1) is 3.57 Å². The van der Waals surface area contributed by atoms with Crippen molar-refractivity contribution in [3.63, 3.8) is 0 Å². The number of halogens is 2. The summed E-state index contributed by atoms with van der Waals surface area (Å²) in [6, 6.07) is 17.9. The van der Waals surface area contributed by atoms with E-state index in [0.717, 1.165) is 9.13 Å². The van der Waals surface area contributed by atoms with Crippen molar-refractivity contribution in [2.45, 2.75) is 13.5 Å². The lowest BCUT2D eigenvalue weighted by Gasteiger charge is -2.14. The van der Waals surface area contributed by atoms with E-state index in [4.69, 9.17) is 25.8 Å². The monoisotopic (exact) mass is 602 g/mol. The number of ether oxygens (including phenoxy) is 3. The highest BCUT2D eigenvalue weighted by Gasteiger charge is 2.24. The first-order chi connectivity index (χ1) is 16.8. The van der Waals surface area contributed by atoms with Crippen molar-refractivity contribution in [1.29, 1.82) is 0 Å². The number of carbonyl (C=O) groups excluding carboxylic acids is 2. The van der Waals surface area contributed by atoms with Crippen LogP contribution in [0.3, 0.4) is 0 Å². The predicted octanol–water partition coefficient (Wildman–Crippen LogP) is 5.84. The van der Waals surface area contributed by atoms with Crippen molar-refractivity contribution < 1.29 is 23.8 Å². The molecule has 1 heterocycles. The Morgan fingerprint density at radius 1 is 1.14 bits per heavy atom. The standard InChI is InChI=1S/C26H20ClIN2O5/c1-15(31)29-20-9-5-18(6-10-20)25-30-22(26(32)35-25)12-17-11-21(28)24(23(13-17)33-2)34-14-16-3-7-19(27)8-4-16/h3-13H,14H2,1-2H3,(H,29,31)/b22-12-. The van der Waals surface area contributed by atoms with E-state index in [1.807, 2.05) is 30.3 Å². The number of hydrogen-bond acceptors (Lipinski definition) is 6. The van der Waals surface area contributed by atoms with Crippen molar-refractivity contribution in [3.8, 4) is 11.5 Å². The minimum absolute atomic E-state index is 0.165. The van der Waals surface area contributed by atoms with Crippen LogP contribution in [0.1, 0.15) is 23.6 Å². The van der Waals surface area contributed by atoms with Gasteiger partial charge in [0, 0.05) is 23.2 Å². The molecule has 0 radical (unpaired) electrons. The molecule has 3 aromatic rings. The third-order valence-corrected chi connectivity index (χ3v) is 5.98. The quantitative estimate of drug-likeness (QED) is 0.209. The van der Waals surface area contributed by atoms with E-state index in [9.17, 15) is 9.59 Å². The number of anilines is 1. The molecular formula is C26H20ClIN2O5. The molecule has 1 amide bonds. The molecule has 1 N–H and O–H groups in total. The smallest absolute Gasteiger partial charge is 0.363 e. The first-order valence-electron chi connectivity index (χ1n) is 10.5. The molecule has 0 aliphatic carbocycles. The van der Waals surface area contributed by atoms with Crippen LogP contribution in [-0.2, 0) is 20.9 Å². The third-order valence-electron chi connectivity index (χ3n) is 4.92. The van der Waals surface area contributed by atoms with E-state index in [-0.39, 0.29) is 17.5 Å². The zero-order chi connectivity index (χ0) is 24.9. The van der Waals surface area contributed by atoms with Crippen LogP contribution in [0.25, 0.3) is 6.08 Å². The Morgan fingerprint density at radius 3 is 2.51 bits per heavy atom. The number of amides is 1. The van der Waals surface area contributed by atoms with Crippen molar-refractivity contribution in [3.05, 3.63) is 91.6 Å². The molecule has 9 heteroatoms. The molecule has 0 unspecified atom stereocenters. The van der Waals surface area contributed by atoms with Gasteiger partial charge in [-0.05, 0) is 88.3 Å². The van der Waals surface area contributed by atoms with Crippen LogP contribution in [0.2, 0.25) is 5.02 Å². The lowest BCUT2D eigenvalue weighted by atomic mass is 10.1. The van der Waals surface area contributed by atoms with Gasteiger partial charge >= 0.3 is 5.97 Å². The molecule has 0 spiro atoms. The van der Waals surface area contributed by atoms with Gasteiger partial charge in [-0.15, -0.1) is 0 Å². The summed E-state index contributed by atoms with van der Waals surface area (Å²) in [7, 11) is 1.56. The lowest BCUT2D eigenvalue weighted by molar-refractivity contribution is -0.129. The molecule has 3 aromatic carbocycles. The Bertz CT molecular complexity index is 1340. The van der Waals surface area contributed by atoms with E-state index < -0.39 is 5.97 Å². The summed E-state index contributed by atoms with van der Waals surface area (Å²) in [4.78, 5) is 28.0. The molecule has 0 bridgehead atoms. The Morgan fingerprint density at radius 2 is 1.86 bits per heavy atom. The topological polar surface area (TPSA) is 86.2 Å². The Kier molecular flexibility index (Phi) is 7.72. The number of cyclic esters (lactones) is 1. The van der Waals surface area contributed by atoms with Crippen molar-refractivity contribution in [1.82, 2.24) is 0 Å². The third kappa shape index (κ3) is 6.20. The zero-order valence-corrected chi connectivity index (χ0v) is 21.7. The molecule has 1 aliphatic heterocycles. The highest BCUT2D eigenvalue weighted by atomic mass is 127. The molecule has 1 aliphatic rings. The molecule has 0 saturated heterocycles. The molecule has 7 nitrogen and oxygen atoms in total. The van der Waals surface area contributed by atoms with E-state index in [1.165, 1.54) is 6.92 Å². The van der Waals surface area contributed by atoms with Crippen LogP contribution < -0.4 is 14.8 Å². The van der Waals surface area contributed by atoms with Gasteiger partial charge in [0.2, 0.25) is 11.8 Å². The normalized spacial score (nSPS) is 13.9. The molecular weight excluding hydrogens is 583 g/mol. The fraction of sp³-hybridized carbons (Fsp3) is 0.115. The van der Waals surface area contributed by atoms with Crippen LogP contribution in [0.15, 0.2) is 71.4 Å². The SMILES string of the molecule is COc1cc(/C=C2\N=C(c3ccc(NC(C)=O)cc3)OC2=O)cc(I)c1OCc1ccc(Cl)cc1. The maximum absolute atomic E-state index is 12.4. The minimum Gasteiger partial charge on any atom is -0.493 e. The highest BCUT2D eigenvalue weighted by molar-refractivity contribution is 14.1. The van der Waals surface area contributed by atoms with E-state index in [2.05, 4.69) is 32.9 Å². The molecule has 4 rings (SSSR count). The van der Waals surface area contributed by atoms with Gasteiger partial charge < -0.3 is 19.5 Å². The summed E-state index contributed by atoms with van der Waals surface area (Å²) in [5.74, 6) is 0.603. The van der Waals surface area contributed by atoms with Crippen LogP contribution >= 0.6 is 34.2 Å². The highest BCUT2D eigenvalue weighted by Crippen LogP contribution is 2.35. The minimum atomic E-state index is -0.553. The summed E-state index contributed by atoms with van der Waals surface area (Å²) in [5.41, 5.74) is 3.11. The number of rotatable bonds is 7. The molecule has 35 heavy (non-hydrogen) atoms. The fourth-order valence-electron chi connectivity index (χ4n) is 3.29. The predicted molar refractivity (Wildman–Crippen MR) is 143 cm³/mol. The van der Waals surface area contributed by atoms with E-state index >= 15 is 0 Å². The van der Waals surface area contributed by atoms with Crippen LogP contribution in [-0.4, -0.2) is 24.9 Å². The summed E-state index contributed by atoms with van der Waals surface area (Å²) in [6.07, 6.45) is 1.63. The number of esters is 1. The fourth-order valence-corrected chi connectivity index (χ4v) is 4.20. The van der Waals surface area contributed by atoms with Gasteiger partial charge in [0.1, 0.15) is 6.61 Å². The second-order valence-corrected chi connectivity index (χ2v) is 9.14.